The van der Waals surface area contributed by atoms with Crippen LogP contribution in [0.5, 0.6) is 0 Å². The number of aromatic amines is 1. The lowest BCUT2D eigenvalue weighted by molar-refractivity contribution is -0.150. The summed E-state index contributed by atoms with van der Waals surface area (Å²) in [5, 5.41) is 3.43. The average molecular weight is 800 g/mol. The summed E-state index contributed by atoms with van der Waals surface area (Å²) in [6, 6.07) is 3.57. The summed E-state index contributed by atoms with van der Waals surface area (Å²) in [5.74, 6) is 0.977. The Morgan fingerprint density at radius 2 is 1.02 bits per heavy atom. The van der Waals surface area contributed by atoms with Gasteiger partial charge in [0.1, 0.15) is 6.10 Å². The number of nitrogens with zero attached hydrogens (tertiary/aromatic N) is 1. The Morgan fingerprint density at radius 1 is 0.579 bits per heavy atom. The molecule has 1 unspecified atom stereocenters. The number of pyridine rings is 1. The number of carbonyl (C=O) groups is 1. The third-order valence-electron chi connectivity index (χ3n) is 12.3. The summed E-state index contributed by atoms with van der Waals surface area (Å²) in [4.78, 5) is 29.9. The molecule has 0 bridgehead atoms. The minimum Gasteiger partial charge on any atom is -0.462 e. The summed E-state index contributed by atoms with van der Waals surface area (Å²) in [6.45, 7) is 13.6. The van der Waals surface area contributed by atoms with E-state index < -0.39 is 0 Å². The smallest absolute Gasteiger partial charge is 0.306 e. The van der Waals surface area contributed by atoms with E-state index in [0.717, 1.165) is 63.3 Å². The summed E-state index contributed by atoms with van der Waals surface area (Å²) in [7, 11) is 0. The Morgan fingerprint density at radius 3 is 1.51 bits per heavy atom. The Bertz CT molecular complexity index is 1030. The van der Waals surface area contributed by atoms with Crippen LogP contribution in [0.1, 0.15) is 252 Å². The third kappa shape index (κ3) is 34.7. The maximum atomic E-state index is 12.9. The molecule has 0 amide bonds. The number of hydrogen-bond donors (Lipinski definition) is 2. The number of carbonyl (C=O) groups excluding carboxylic acids is 1. The van der Waals surface area contributed by atoms with Gasteiger partial charge in [-0.3, -0.25) is 9.59 Å². The van der Waals surface area contributed by atoms with Crippen LogP contribution in [0.15, 0.2) is 23.1 Å². The van der Waals surface area contributed by atoms with Crippen LogP contribution in [-0.2, 0) is 9.53 Å². The lowest BCUT2D eigenvalue weighted by atomic mass is 9.92. The number of rotatable bonds is 44. The van der Waals surface area contributed by atoms with Crippen molar-refractivity contribution in [3.63, 3.8) is 0 Å². The van der Waals surface area contributed by atoms with E-state index in [0.29, 0.717) is 6.42 Å². The first kappa shape index (κ1) is 53.2. The van der Waals surface area contributed by atoms with Crippen molar-refractivity contribution >= 4 is 11.7 Å². The van der Waals surface area contributed by atoms with Gasteiger partial charge >= 0.3 is 5.97 Å². The second-order valence-corrected chi connectivity index (χ2v) is 17.7. The molecular formula is C51H97N3O3. The first-order chi connectivity index (χ1) is 28.0. The molecule has 0 spiro atoms. The fourth-order valence-corrected chi connectivity index (χ4v) is 8.44. The van der Waals surface area contributed by atoms with E-state index in [9.17, 15) is 9.59 Å². The number of aromatic nitrogens is 1. The second-order valence-electron chi connectivity index (χ2n) is 17.7. The molecule has 0 aromatic carbocycles. The predicted molar refractivity (Wildman–Crippen MR) is 250 cm³/mol. The highest BCUT2D eigenvalue weighted by atomic mass is 16.5. The summed E-state index contributed by atoms with van der Waals surface area (Å²) >= 11 is 0. The monoisotopic (exact) mass is 800 g/mol. The van der Waals surface area contributed by atoms with E-state index in [1.807, 2.05) is 6.07 Å². The van der Waals surface area contributed by atoms with Crippen molar-refractivity contribution in [3.05, 3.63) is 28.7 Å². The van der Waals surface area contributed by atoms with E-state index in [2.05, 4.69) is 42.9 Å². The quantitative estimate of drug-likeness (QED) is 0.0508. The molecule has 0 aliphatic rings. The van der Waals surface area contributed by atoms with Crippen LogP contribution in [0.4, 0.5) is 5.69 Å². The van der Waals surface area contributed by atoms with Crippen LogP contribution >= 0.6 is 0 Å². The van der Waals surface area contributed by atoms with E-state index in [4.69, 9.17) is 4.74 Å². The fraction of sp³-hybridized carbons (Fsp3) is 0.882. The van der Waals surface area contributed by atoms with Crippen molar-refractivity contribution in [2.75, 3.05) is 31.5 Å². The van der Waals surface area contributed by atoms with E-state index in [-0.39, 0.29) is 17.6 Å². The number of anilines is 1. The van der Waals surface area contributed by atoms with Crippen LogP contribution in [0.3, 0.4) is 0 Å². The molecule has 0 saturated carbocycles. The van der Waals surface area contributed by atoms with Crippen molar-refractivity contribution in [2.45, 2.75) is 259 Å². The SMILES string of the molecule is CCCCCCCCC(CC)CCCCCCCN(CCCCCCCC(=O)OC(CCCCCCCC)CCCCCCCC)CCCNc1cc[nH]c(=O)c1. The van der Waals surface area contributed by atoms with Crippen molar-refractivity contribution in [1.29, 1.82) is 0 Å². The maximum absolute atomic E-state index is 12.9. The molecule has 1 rings (SSSR count). The van der Waals surface area contributed by atoms with Gasteiger partial charge in [0.05, 0.1) is 0 Å². The van der Waals surface area contributed by atoms with Gasteiger partial charge in [0.15, 0.2) is 0 Å². The number of ether oxygens (including phenoxy) is 1. The predicted octanol–water partition coefficient (Wildman–Crippen LogP) is 15.3. The topological polar surface area (TPSA) is 74.4 Å². The molecule has 1 atom stereocenters. The van der Waals surface area contributed by atoms with Gasteiger partial charge in [-0.1, -0.05) is 195 Å². The molecule has 0 radical (unpaired) electrons. The lowest BCUT2D eigenvalue weighted by Crippen LogP contribution is -2.28. The molecule has 0 fully saturated rings. The van der Waals surface area contributed by atoms with Crippen molar-refractivity contribution in [2.24, 2.45) is 5.92 Å². The zero-order valence-electron chi connectivity index (χ0n) is 38.6. The summed E-state index contributed by atoms with van der Waals surface area (Å²) < 4.78 is 6.09. The minimum absolute atomic E-state index is 0.0372. The highest BCUT2D eigenvalue weighted by molar-refractivity contribution is 5.69. The third-order valence-corrected chi connectivity index (χ3v) is 12.3. The Labute approximate surface area is 354 Å². The number of nitrogens with one attached hydrogen (secondary N) is 2. The molecule has 2 N–H and O–H groups in total. The van der Waals surface area contributed by atoms with Gasteiger partial charge in [0.25, 0.3) is 0 Å². The molecular weight excluding hydrogens is 703 g/mol. The molecule has 1 aromatic rings. The van der Waals surface area contributed by atoms with Crippen molar-refractivity contribution in [3.8, 4) is 0 Å². The Kier molecular flexibility index (Phi) is 38.2. The van der Waals surface area contributed by atoms with Crippen LogP contribution in [0.25, 0.3) is 0 Å². The van der Waals surface area contributed by atoms with Crippen LogP contribution in [0.2, 0.25) is 0 Å². The average Bonchev–Trinajstić information content (AvgIpc) is 3.21. The van der Waals surface area contributed by atoms with Crippen molar-refractivity contribution in [1.82, 2.24) is 9.88 Å². The zero-order chi connectivity index (χ0) is 41.3. The van der Waals surface area contributed by atoms with Crippen LogP contribution in [0, 0.1) is 5.92 Å². The summed E-state index contributed by atoms with van der Waals surface area (Å²) in [5.41, 5.74) is 0.843. The number of esters is 1. The highest BCUT2D eigenvalue weighted by Crippen LogP contribution is 2.22. The molecule has 0 saturated heterocycles. The largest absolute Gasteiger partial charge is 0.462 e. The van der Waals surface area contributed by atoms with Gasteiger partial charge in [-0.05, 0) is 83.0 Å². The zero-order valence-corrected chi connectivity index (χ0v) is 38.6. The minimum atomic E-state index is -0.0577. The Hall–Kier alpha value is -1.82. The molecule has 334 valence electrons. The van der Waals surface area contributed by atoms with Gasteiger partial charge in [-0.25, -0.2) is 0 Å². The molecule has 6 nitrogen and oxygen atoms in total. The molecule has 0 aliphatic heterocycles. The van der Waals surface area contributed by atoms with Gasteiger partial charge in [-0.15, -0.1) is 0 Å². The van der Waals surface area contributed by atoms with Crippen LogP contribution < -0.4 is 10.9 Å². The molecule has 1 aromatic heterocycles. The maximum Gasteiger partial charge on any atom is 0.306 e. The van der Waals surface area contributed by atoms with Gasteiger partial charge in [0.2, 0.25) is 5.56 Å². The first-order valence-corrected chi connectivity index (χ1v) is 25.4. The summed E-state index contributed by atoms with van der Waals surface area (Å²) in [6.07, 6.45) is 46.3. The van der Waals surface area contributed by atoms with E-state index in [1.165, 1.54) is 193 Å². The highest BCUT2D eigenvalue weighted by Gasteiger charge is 2.14. The second kappa shape index (κ2) is 40.9. The molecule has 0 aliphatic carbocycles. The standard InChI is InChI=1S/C51H97N3O3/c1-5-9-12-15-20-27-35-47(8-4)36-28-21-18-25-32-43-54(45-34-41-52-48-40-42-53-50(55)46-48)44-33-26-19-24-31-39-51(56)57-49(37-29-22-16-13-10-6-2)38-30-23-17-14-11-7-3/h40,42,46-47,49H,5-39,41,43-45H2,1-4H3,(H2,52,53,55). The van der Waals surface area contributed by atoms with Crippen LogP contribution in [-0.4, -0.2) is 48.1 Å². The lowest BCUT2D eigenvalue weighted by Gasteiger charge is -2.22. The molecule has 1 heterocycles. The fourth-order valence-electron chi connectivity index (χ4n) is 8.44. The van der Waals surface area contributed by atoms with Crippen molar-refractivity contribution < 1.29 is 9.53 Å². The molecule has 57 heavy (non-hydrogen) atoms. The van der Waals surface area contributed by atoms with Gasteiger partial charge in [-0.2, -0.15) is 0 Å². The normalized spacial score (nSPS) is 12.2. The first-order valence-electron chi connectivity index (χ1n) is 25.4. The van der Waals surface area contributed by atoms with E-state index in [1.54, 1.807) is 12.3 Å². The number of unbranched alkanes of at least 4 members (excludes halogenated alkanes) is 23. The van der Waals surface area contributed by atoms with Gasteiger partial charge < -0.3 is 19.9 Å². The molecule has 6 heteroatoms. The Balaban J connectivity index is 2.36. The van der Waals surface area contributed by atoms with Gasteiger partial charge in [0, 0.05) is 30.9 Å². The number of H-pyrrole nitrogens is 1. The van der Waals surface area contributed by atoms with E-state index >= 15 is 0 Å². The number of hydrogen-bond acceptors (Lipinski definition) is 5.